The zero-order chi connectivity index (χ0) is 25.5. The summed E-state index contributed by atoms with van der Waals surface area (Å²) in [5.74, 6) is -0.127. The quantitative estimate of drug-likeness (QED) is 0.408. The Bertz CT molecular complexity index is 1400. The van der Waals surface area contributed by atoms with Crippen molar-refractivity contribution in [3.63, 3.8) is 0 Å². The molecule has 2 aliphatic heterocycles. The van der Waals surface area contributed by atoms with E-state index >= 15 is 0 Å². The molecule has 1 saturated carbocycles. The first-order valence-electron chi connectivity index (χ1n) is 13.1. The van der Waals surface area contributed by atoms with Gasteiger partial charge in [0.15, 0.2) is 0 Å². The minimum absolute atomic E-state index is 0.00985. The predicted molar refractivity (Wildman–Crippen MR) is 144 cm³/mol. The highest BCUT2D eigenvalue weighted by molar-refractivity contribution is 6.36. The molecule has 6 nitrogen and oxygen atoms in total. The van der Waals surface area contributed by atoms with E-state index in [-0.39, 0.29) is 17.6 Å². The van der Waals surface area contributed by atoms with E-state index in [9.17, 15) is 14.0 Å². The molecule has 7 heteroatoms. The summed E-state index contributed by atoms with van der Waals surface area (Å²) in [6.45, 7) is 4.35. The summed E-state index contributed by atoms with van der Waals surface area (Å²) in [5.41, 5.74) is 5.35. The van der Waals surface area contributed by atoms with Crippen LogP contribution in [-0.4, -0.2) is 47.4 Å². The first-order chi connectivity index (χ1) is 18.0. The fourth-order valence-electron chi connectivity index (χ4n) is 5.54. The van der Waals surface area contributed by atoms with Gasteiger partial charge in [-0.15, -0.1) is 0 Å². The van der Waals surface area contributed by atoms with Gasteiger partial charge in [0.2, 0.25) is 0 Å². The van der Waals surface area contributed by atoms with Crippen LogP contribution in [-0.2, 0) is 4.79 Å². The van der Waals surface area contributed by atoms with Crippen molar-refractivity contribution in [2.75, 3.05) is 25.0 Å². The Morgan fingerprint density at radius 1 is 1.16 bits per heavy atom. The minimum atomic E-state index is -0.335. The van der Waals surface area contributed by atoms with Crippen molar-refractivity contribution in [3.8, 4) is 11.1 Å². The number of nitrogens with one attached hydrogen (secondary N) is 3. The molecule has 6 rings (SSSR count). The number of nitrogens with zero attached hydrogens (tertiary/aromatic N) is 1. The van der Waals surface area contributed by atoms with Crippen molar-refractivity contribution in [3.05, 3.63) is 76.9 Å². The molecular weight excluding hydrogens is 467 g/mol. The Morgan fingerprint density at radius 3 is 2.81 bits per heavy atom. The molecule has 3 aliphatic rings. The smallest absolute Gasteiger partial charge is 0.256 e. The third kappa shape index (κ3) is 4.83. The lowest BCUT2D eigenvalue weighted by atomic mass is 9.94. The van der Waals surface area contributed by atoms with Crippen molar-refractivity contribution >= 4 is 29.2 Å². The molecule has 0 radical (unpaired) electrons. The standard InChI is InChI=1S/C30H31FN4O2/c1-18-13-24(30(37)35-12-4-5-19(17-35)16-32-22-10-11-22)27(33-18)15-25-28-23(20-6-2-7-21(31)14-20)8-3-9-26(28)34-29(25)36/h2-3,6-9,13-15,19,22,32-33H,4-5,10-12,16-17H2,1H3,(H,34,36)/t19-/m0/s1. The minimum Gasteiger partial charge on any atom is -0.358 e. The SMILES string of the molecule is Cc1cc(C(=O)N2CCC[C@@H](CNC3CC3)C2)c(C=C2C(=O)Nc3cccc(-c4cccc(F)c4)c32)[nH]1. The molecule has 1 saturated heterocycles. The van der Waals surface area contributed by atoms with Crippen molar-refractivity contribution in [1.29, 1.82) is 0 Å². The monoisotopic (exact) mass is 498 g/mol. The number of hydrogen-bond donors (Lipinski definition) is 3. The summed E-state index contributed by atoms with van der Waals surface area (Å²) >= 11 is 0. The Hall–Kier alpha value is -3.71. The lowest BCUT2D eigenvalue weighted by Crippen LogP contribution is -2.43. The predicted octanol–water partition coefficient (Wildman–Crippen LogP) is 5.23. The second kappa shape index (κ2) is 9.63. The summed E-state index contributed by atoms with van der Waals surface area (Å²) in [4.78, 5) is 32.0. The first kappa shape index (κ1) is 23.7. The van der Waals surface area contributed by atoms with Crippen LogP contribution in [0, 0.1) is 18.7 Å². The van der Waals surface area contributed by atoms with Crippen molar-refractivity contribution in [1.82, 2.24) is 15.2 Å². The van der Waals surface area contributed by atoms with Crippen LogP contribution in [0.3, 0.4) is 0 Å². The van der Waals surface area contributed by atoms with Gasteiger partial charge in [-0.2, -0.15) is 0 Å². The second-order valence-corrected chi connectivity index (χ2v) is 10.5. The molecule has 0 bridgehead atoms. The number of benzene rings is 2. The number of piperidine rings is 1. The van der Waals surface area contributed by atoms with Crippen molar-refractivity contribution in [2.24, 2.45) is 5.92 Å². The highest BCUT2D eigenvalue weighted by Gasteiger charge is 2.31. The summed E-state index contributed by atoms with van der Waals surface area (Å²) < 4.78 is 14.0. The number of amides is 2. The molecule has 190 valence electrons. The summed E-state index contributed by atoms with van der Waals surface area (Å²) in [6, 6.07) is 14.5. The van der Waals surface area contributed by atoms with E-state index in [1.165, 1.54) is 25.0 Å². The Labute approximate surface area is 216 Å². The van der Waals surface area contributed by atoms with Gasteiger partial charge in [0.25, 0.3) is 11.8 Å². The molecule has 2 aromatic carbocycles. The average Bonchev–Trinajstić information content (AvgIpc) is 3.58. The van der Waals surface area contributed by atoms with Crippen LogP contribution in [0.2, 0.25) is 0 Å². The van der Waals surface area contributed by atoms with Crippen LogP contribution in [0.15, 0.2) is 48.5 Å². The van der Waals surface area contributed by atoms with Crippen LogP contribution in [0.4, 0.5) is 10.1 Å². The third-order valence-electron chi connectivity index (χ3n) is 7.54. The molecule has 1 aromatic heterocycles. The molecule has 3 aromatic rings. The number of aromatic nitrogens is 1. The van der Waals surface area contributed by atoms with Crippen LogP contribution in [0.5, 0.6) is 0 Å². The van der Waals surface area contributed by atoms with Gasteiger partial charge in [-0.25, -0.2) is 4.39 Å². The Balaban J connectivity index is 1.32. The van der Waals surface area contributed by atoms with Gasteiger partial charge in [0.05, 0.1) is 16.8 Å². The Morgan fingerprint density at radius 2 is 2.00 bits per heavy atom. The molecule has 3 N–H and O–H groups in total. The molecule has 1 aliphatic carbocycles. The number of hydrogen-bond acceptors (Lipinski definition) is 3. The van der Waals surface area contributed by atoms with E-state index in [1.54, 1.807) is 12.1 Å². The number of rotatable bonds is 6. The number of H-pyrrole nitrogens is 1. The number of carbonyl (C=O) groups is 2. The van der Waals surface area contributed by atoms with Gasteiger partial charge in [0, 0.05) is 36.1 Å². The number of anilines is 1. The van der Waals surface area contributed by atoms with Gasteiger partial charge in [-0.1, -0.05) is 24.3 Å². The van der Waals surface area contributed by atoms with Gasteiger partial charge in [0.1, 0.15) is 5.82 Å². The maximum Gasteiger partial charge on any atom is 0.256 e. The van der Waals surface area contributed by atoms with Crippen LogP contribution >= 0.6 is 0 Å². The molecule has 37 heavy (non-hydrogen) atoms. The number of halogens is 1. The third-order valence-corrected chi connectivity index (χ3v) is 7.54. The van der Waals surface area contributed by atoms with Crippen LogP contribution in [0.25, 0.3) is 22.8 Å². The molecule has 1 atom stereocenters. The summed E-state index contributed by atoms with van der Waals surface area (Å²) in [6.07, 6.45) is 6.41. The maximum absolute atomic E-state index is 14.0. The van der Waals surface area contributed by atoms with E-state index in [1.807, 2.05) is 42.2 Å². The maximum atomic E-state index is 14.0. The zero-order valence-electron chi connectivity index (χ0n) is 20.9. The van der Waals surface area contributed by atoms with E-state index in [0.29, 0.717) is 45.6 Å². The summed E-state index contributed by atoms with van der Waals surface area (Å²) in [5, 5.41) is 6.53. The lowest BCUT2D eigenvalue weighted by molar-refractivity contribution is -0.110. The average molecular weight is 499 g/mol. The second-order valence-electron chi connectivity index (χ2n) is 10.5. The van der Waals surface area contributed by atoms with Crippen molar-refractivity contribution in [2.45, 2.75) is 38.6 Å². The number of carbonyl (C=O) groups excluding carboxylic acids is 2. The van der Waals surface area contributed by atoms with Gasteiger partial charge >= 0.3 is 0 Å². The normalized spacial score (nSPS) is 20.3. The molecule has 3 heterocycles. The first-order valence-corrected chi connectivity index (χ1v) is 13.1. The molecule has 2 fully saturated rings. The number of likely N-dealkylation sites (tertiary alicyclic amines) is 1. The highest BCUT2D eigenvalue weighted by atomic mass is 19.1. The summed E-state index contributed by atoms with van der Waals surface area (Å²) in [7, 11) is 0. The Kier molecular flexibility index (Phi) is 6.16. The molecular formula is C30H31FN4O2. The molecule has 2 amide bonds. The van der Waals surface area contributed by atoms with Crippen LogP contribution < -0.4 is 10.6 Å². The van der Waals surface area contributed by atoms with Crippen molar-refractivity contribution < 1.29 is 14.0 Å². The van der Waals surface area contributed by atoms with E-state index < -0.39 is 0 Å². The van der Waals surface area contributed by atoms with Crippen LogP contribution in [0.1, 0.15) is 53.0 Å². The van der Waals surface area contributed by atoms with E-state index in [4.69, 9.17) is 0 Å². The topological polar surface area (TPSA) is 77.2 Å². The van der Waals surface area contributed by atoms with E-state index in [2.05, 4.69) is 15.6 Å². The largest absolute Gasteiger partial charge is 0.358 e. The lowest BCUT2D eigenvalue weighted by Gasteiger charge is -2.33. The molecule has 0 spiro atoms. The zero-order valence-corrected chi connectivity index (χ0v) is 20.9. The van der Waals surface area contributed by atoms with Gasteiger partial charge in [-0.3, -0.25) is 9.59 Å². The highest BCUT2D eigenvalue weighted by Crippen LogP contribution is 2.40. The number of fused-ring (bicyclic) bond motifs is 1. The van der Waals surface area contributed by atoms with Gasteiger partial charge < -0.3 is 20.5 Å². The molecule has 0 unspecified atom stereocenters. The number of aryl methyl sites for hydroxylation is 1. The fourth-order valence-corrected chi connectivity index (χ4v) is 5.54. The fraction of sp³-hybridized carbons (Fsp3) is 0.333. The van der Waals surface area contributed by atoms with Gasteiger partial charge in [-0.05, 0) is 86.5 Å². The van der Waals surface area contributed by atoms with E-state index in [0.717, 1.165) is 43.7 Å². The number of aromatic amines is 1.